The third-order valence-electron chi connectivity index (χ3n) is 6.85. The molecule has 1 aliphatic heterocycles. The molecule has 1 aromatic heterocycles. The number of aromatic nitrogens is 2. The number of fused-ring (bicyclic) bond motifs is 1. The van der Waals surface area contributed by atoms with Gasteiger partial charge in [0.05, 0.1) is 6.04 Å². The predicted molar refractivity (Wildman–Crippen MR) is 138 cm³/mol. The van der Waals surface area contributed by atoms with Gasteiger partial charge in [0, 0.05) is 17.7 Å². The maximum atomic E-state index is 13.7. The quantitative estimate of drug-likeness (QED) is 0.364. The number of nitrogens with one attached hydrogen (secondary N) is 1. The lowest BCUT2D eigenvalue weighted by molar-refractivity contribution is 0.0730. The second-order valence-electron chi connectivity index (χ2n) is 10.5. The number of H-pyrrole nitrogens is 1. The molecule has 35 heavy (non-hydrogen) atoms. The number of carbonyl (C=O) groups is 1. The van der Waals surface area contributed by atoms with E-state index in [0.29, 0.717) is 23.5 Å². The van der Waals surface area contributed by atoms with Crippen molar-refractivity contribution in [2.24, 2.45) is 0 Å². The number of phenols is 1. The molecule has 2 N–H and O–H groups in total. The molecule has 5 nitrogen and oxygen atoms in total. The summed E-state index contributed by atoms with van der Waals surface area (Å²) < 4.78 is 0. The first-order valence-corrected chi connectivity index (χ1v) is 12.0. The van der Waals surface area contributed by atoms with Crippen molar-refractivity contribution in [2.45, 2.75) is 52.6 Å². The monoisotopic (exact) mass is 465 g/mol. The lowest BCUT2D eigenvalue weighted by Crippen LogP contribution is -2.29. The Morgan fingerprint density at radius 3 is 2.34 bits per heavy atom. The van der Waals surface area contributed by atoms with Gasteiger partial charge in [0.2, 0.25) is 0 Å². The summed E-state index contributed by atoms with van der Waals surface area (Å²) in [6.45, 7) is 10.9. The molecule has 0 saturated heterocycles. The average molecular weight is 466 g/mol. The van der Waals surface area contributed by atoms with Crippen LogP contribution in [0.1, 0.15) is 70.7 Å². The summed E-state index contributed by atoms with van der Waals surface area (Å²) >= 11 is 0. The largest absolute Gasteiger partial charge is 0.507 e. The Kier molecular flexibility index (Phi) is 5.51. The van der Waals surface area contributed by atoms with E-state index in [9.17, 15) is 9.90 Å². The first-order chi connectivity index (χ1) is 16.6. The van der Waals surface area contributed by atoms with Crippen molar-refractivity contribution >= 4 is 5.91 Å². The standard InChI is InChI=1S/C30H31N3O2/c1-18-15-19(2)28(34)23(16-18)25-24-26(32-31-25)29(35)33(17-20-9-7-6-8-10-20)27(24)21-11-13-22(14-12-21)30(3,4)5/h6-16,27,34H,17H2,1-5H3,(H,31,32). The van der Waals surface area contributed by atoms with Gasteiger partial charge in [-0.2, -0.15) is 5.10 Å². The van der Waals surface area contributed by atoms with Crippen LogP contribution in [0, 0.1) is 13.8 Å². The number of rotatable bonds is 4. The Morgan fingerprint density at radius 1 is 1.00 bits per heavy atom. The van der Waals surface area contributed by atoms with Crippen molar-refractivity contribution in [3.63, 3.8) is 0 Å². The molecular weight excluding hydrogens is 434 g/mol. The van der Waals surface area contributed by atoms with Gasteiger partial charge in [-0.05, 0) is 53.1 Å². The summed E-state index contributed by atoms with van der Waals surface area (Å²) in [4.78, 5) is 15.6. The van der Waals surface area contributed by atoms with Crippen molar-refractivity contribution in [1.29, 1.82) is 0 Å². The number of amides is 1. The zero-order chi connectivity index (χ0) is 24.9. The minimum Gasteiger partial charge on any atom is -0.507 e. The molecule has 0 aliphatic carbocycles. The molecule has 1 atom stereocenters. The predicted octanol–water partition coefficient (Wildman–Crippen LogP) is 6.44. The first kappa shape index (κ1) is 22.9. The minimum atomic E-state index is -0.319. The molecule has 0 saturated carbocycles. The molecule has 4 aromatic rings. The SMILES string of the molecule is Cc1cc(C)c(O)c(-c2n[nH]c3c2C(c2ccc(C(C)(C)C)cc2)N(Cc2ccccc2)C3=O)c1. The third-order valence-corrected chi connectivity index (χ3v) is 6.85. The number of hydrogen-bond donors (Lipinski definition) is 2. The van der Waals surface area contributed by atoms with Gasteiger partial charge in [-0.3, -0.25) is 9.89 Å². The maximum Gasteiger partial charge on any atom is 0.273 e. The summed E-state index contributed by atoms with van der Waals surface area (Å²) in [5.74, 6) is 0.108. The van der Waals surface area contributed by atoms with Gasteiger partial charge in [0.25, 0.3) is 5.91 Å². The second-order valence-corrected chi connectivity index (χ2v) is 10.5. The van der Waals surface area contributed by atoms with Gasteiger partial charge < -0.3 is 10.0 Å². The average Bonchev–Trinajstić information content (AvgIpc) is 3.36. The highest BCUT2D eigenvalue weighted by molar-refractivity contribution is 6.00. The molecular formula is C30H31N3O2. The van der Waals surface area contributed by atoms with Crippen molar-refractivity contribution in [1.82, 2.24) is 15.1 Å². The van der Waals surface area contributed by atoms with Crippen molar-refractivity contribution in [3.05, 3.63) is 106 Å². The van der Waals surface area contributed by atoms with Crippen LogP contribution < -0.4 is 0 Å². The molecule has 0 bridgehead atoms. The molecule has 0 radical (unpaired) electrons. The first-order valence-electron chi connectivity index (χ1n) is 12.0. The van der Waals surface area contributed by atoms with Crippen LogP contribution in [0.3, 0.4) is 0 Å². The fraction of sp³-hybridized carbons (Fsp3) is 0.267. The molecule has 178 valence electrons. The molecule has 1 amide bonds. The Labute approximate surface area is 206 Å². The summed E-state index contributed by atoms with van der Waals surface area (Å²) in [6, 6.07) is 22.1. The molecule has 0 spiro atoms. The van der Waals surface area contributed by atoms with Crippen molar-refractivity contribution < 1.29 is 9.90 Å². The van der Waals surface area contributed by atoms with Crippen LogP contribution in [-0.2, 0) is 12.0 Å². The zero-order valence-electron chi connectivity index (χ0n) is 20.9. The summed E-state index contributed by atoms with van der Waals surface area (Å²) in [5.41, 5.74) is 7.73. The number of phenolic OH excluding ortho intramolecular Hbond substituents is 1. The highest BCUT2D eigenvalue weighted by Crippen LogP contribution is 2.46. The van der Waals surface area contributed by atoms with Gasteiger partial charge in [-0.1, -0.05) is 81.4 Å². The lowest BCUT2D eigenvalue weighted by Gasteiger charge is -2.27. The van der Waals surface area contributed by atoms with E-state index in [0.717, 1.165) is 27.8 Å². The third kappa shape index (κ3) is 4.01. The van der Waals surface area contributed by atoms with Crippen LogP contribution in [0.4, 0.5) is 0 Å². The molecule has 5 heteroatoms. The Balaban J connectivity index is 1.68. The summed E-state index contributed by atoms with van der Waals surface area (Å²) in [7, 11) is 0. The van der Waals surface area contributed by atoms with Gasteiger partial charge in [-0.15, -0.1) is 0 Å². The number of hydrogen-bond acceptors (Lipinski definition) is 3. The minimum absolute atomic E-state index is 0.0323. The lowest BCUT2D eigenvalue weighted by atomic mass is 9.85. The maximum absolute atomic E-state index is 13.7. The summed E-state index contributed by atoms with van der Waals surface area (Å²) in [6.07, 6.45) is 0. The second kappa shape index (κ2) is 8.42. The van der Waals surface area contributed by atoms with Crippen LogP contribution in [0.5, 0.6) is 5.75 Å². The van der Waals surface area contributed by atoms with E-state index in [1.54, 1.807) is 0 Å². The topological polar surface area (TPSA) is 69.2 Å². The van der Waals surface area contributed by atoms with Gasteiger partial charge >= 0.3 is 0 Å². The number of carbonyl (C=O) groups excluding carboxylic acids is 1. The molecule has 0 fully saturated rings. The van der Waals surface area contributed by atoms with Crippen LogP contribution in [0.2, 0.25) is 0 Å². The molecule has 1 aliphatic rings. The van der Waals surface area contributed by atoms with E-state index in [1.807, 2.05) is 61.2 Å². The molecule has 5 rings (SSSR count). The van der Waals surface area contributed by atoms with Gasteiger partial charge in [0.15, 0.2) is 0 Å². The van der Waals surface area contributed by atoms with E-state index in [2.05, 4.69) is 55.2 Å². The highest BCUT2D eigenvalue weighted by atomic mass is 16.3. The number of nitrogens with zero attached hydrogens (tertiary/aromatic N) is 2. The fourth-order valence-corrected chi connectivity index (χ4v) is 5.00. The van der Waals surface area contributed by atoms with E-state index < -0.39 is 0 Å². The van der Waals surface area contributed by atoms with Crippen molar-refractivity contribution in [2.75, 3.05) is 0 Å². The Hall–Kier alpha value is -3.86. The zero-order valence-corrected chi connectivity index (χ0v) is 20.9. The molecule has 1 unspecified atom stereocenters. The summed E-state index contributed by atoms with van der Waals surface area (Å²) in [5, 5.41) is 18.5. The van der Waals surface area contributed by atoms with Gasteiger partial charge in [0.1, 0.15) is 17.1 Å². The molecule has 3 aromatic carbocycles. The van der Waals surface area contributed by atoms with E-state index in [1.165, 1.54) is 5.56 Å². The van der Waals surface area contributed by atoms with Crippen LogP contribution >= 0.6 is 0 Å². The fourth-order valence-electron chi connectivity index (χ4n) is 5.00. The Morgan fingerprint density at radius 2 is 1.69 bits per heavy atom. The van der Waals surface area contributed by atoms with Crippen LogP contribution in [-0.4, -0.2) is 26.1 Å². The Bertz CT molecular complexity index is 1400. The number of aromatic hydroxyl groups is 1. The van der Waals surface area contributed by atoms with E-state index in [-0.39, 0.29) is 23.1 Å². The molecule has 2 heterocycles. The highest BCUT2D eigenvalue weighted by Gasteiger charge is 2.42. The van der Waals surface area contributed by atoms with Crippen molar-refractivity contribution in [3.8, 4) is 17.0 Å². The number of benzene rings is 3. The van der Waals surface area contributed by atoms with Gasteiger partial charge in [-0.25, -0.2) is 0 Å². The van der Waals surface area contributed by atoms with Crippen LogP contribution in [0.25, 0.3) is 11.3 Å². The number of aromatic amines is 1. The van der Waals surface area contributed by atoms with E-state index >= 15 is 0 Å². The van der Waals surface area contributed by atoms with E-state index in [4.69, 9.17) is 0 Å². The smallest absolute Gasteiger partial charge is 0.273 e. The number of aryl methyl sites for hydroxylation is 2. The van der Waals surface area contributed by atoms with Crippen LogP contribution in [0.15, 0.2) is 66.7 Å². The normalized spacial score (nSPS) is 15.5.